The van der Waals surface area contributed by atoms with Gasteiger partial charge in [-0.05, 0) is 32.4 Å². The minimum Gasteiger partial charge on any atom is -0.313 e. The van der Waals surface area contributed by atoms with Crippen LogP contribution in [-0.4, -0.2) is 12.6 Å². The first kappa shape index (κ1) is 11.2. The van der Waals surface area contributed by atoms with Gasteiger partial charge in [-0.2, -0.15) is 5.26 Å². The Bertz CT molecular complexity index is 311. The fourth-order valence-electron chi connectivity index (χ4n) is 1.34. The van der Waals surface area contributed by atoms with Gasteiger partial charge in [-0.15, -0.1) is 11.3 Å². The van der Waals surface area contributed by atoms with Crippen LogP contribution in [0.5, 0.6) is 0 Å². The summed E-state index contributed by atoms with van der Waals surface area (Å²) in [5.74, 6) is 0. The Morgan fingerprint density at radius 1 is 1.57 bits per heavy atom. The van der Waals surface area contributed by atoms with Gasteiger partial charge < -0.3 is 5.32 Å². The van der Waals surface area contributed by atoms with Crippen molar-refractivity contribution < 1.29 is 0 Å². The largest absolute Gasteiger partial charge is 0.313 e. The normalized spacial score (nSPS) is 12.4. The van der Waals surface area contributed by atoms with Crippen LogP contribution in [0, 0.1) is 18.3 Å². The fraction of sp³-hybridized carbons (Fsp3) is 0.545. The summed E-state index contributed by atoms with van der Waals surface area (Å²) in [5.41, 5.74) is 0. The Balaban J connectivity index is 2.27. The van der Waals surface area contributed by atoms with Crippen molar-refractivity contribution in [3.05, 3.63) is 21.9 Å². The van der Waals surface area contributed by atoms with Gasteiger partial charge in [-0.3, -0.25) is 0 Å². The SMILES string of the molecule is Cc1ccc(CC(C)NCCC#N)s1. The quantitative estimate of drug-likeness (QED) is 0.755. The monoisotopic (exact) mass is 208 g/mol. The number of nitrogens with zero attached hydrogens (tertiary/aromatic N) is 1. The van der Waals surface area contributed by atoms with Gasteiger partial charge in [-0.25, -0.2) is 0 Å². The van der Waals surface area contributed by atoms with Crippen LogP contribution in [0.2, 0.25) is 0 Å². The van der Waals surface area contributed by atoms with E-state index in [4.69, 9.17) is 5.26 Å². The number of aryl methyl sites for hydroxylation is 1. The molecule has 0 aliphatic carbocycles. The number of hydrogen-bond acceptors (Lipinski definition) is 3. The van der Waals surface area contributed by atoms with Crippen LogP contribution in [0.1, 0.15) is 23.1 Å². The lowest BCUT2D eigenvalue weighted by molar-refractivity contribution is 0.556. The highest BCUT2D eigenvalue weighted by molar-refractivity contribution is 7.11. The third-order valence-corrected chi connectivity index (χ3v) is 3.06. The van der Waals surface area contributed by atoms with Crippen molar-refractivity contribution in [2.75, 3.05) is 6.54 Å². The summed E-state index contributed by atoms with van der Waals surface area (Å²) in [6.45, 7) is 5.08. The summed E-state index contributed by atoms with van der Waals surface area (Å²) in [5, 5.41) is 11.7. The summed E-state index contributed by atoms with van der Waals surface area (Å²) in [6.07, 6.45) is 1.65. The van der Waals surface area contributed by atoms with E-state index >= 15 is 0 Å². The van der Waals surface area contributed by atoms with Crippen LogP contribution in [-0.2, 0) is 6.42 Å². The van der Waals surface area contributed by atoms with Gasteiger partial charge in [0.15, 0.2) is 0 Å². The molecule has 1 N–H and O–H groups in total. The predicted octanol–water partition coefficient (Wildman–Crippen LogP) is 2.49. The number of hydrogen-bond donors (Lipinski definition) is 1. The second-order valence-corrected chi connectivity index (χ2v) is 4.85. The van der Waals surface area contributed by atoms with E-state index in [1.165, 1.54) is 9.75 Å². The van der Waals surface area contributed by atoms with E-state index in [9.17, 15) is 0 Å². The van der Waals surface area contributed by atoms with Crippen molar-refractivity contribution >= 4 is 11.3 Å². The van der Waals surface area contributed by atoms with Crippen LogP contribution in [0.4, 0.5) is 0 Å². The van der Waals surface area contributed by atoms with Gasteiger partial charge in [0.2, 0.25) is 0 Å². The van der Waals surface area contributed by atoms with Crippen molar-refractivity contribution in [2.45, 2.75) is 32.7 Å². The van der Waals surface area contributed by atoms with E-state index in [1.807, 2.05) is 11.3 Å². The molecule has 0 saturated heterocycles. The molecule has 0 bridgehead atoms. The lowest BCUT2D eigenvalue weighted by Crippen LogP contribution is -2.28. The smallest absolute Gasteiger partial charge is 0.0635 e. The van der Waals surface area contributed by atoms with Gasteiger partial charge in [0.05, 0.1) is 6.07 Å². The molecule has 0 amide bonds. The second-order valence-electron chi connectivity index (χ2n) is 3.48. The van der Waals surface area contributed by atoms with Crippen molar-refractivity contribution in [1.82, 2.24) is 5.32 Å². The molecule has 0 saturated carbocycles. The fourth-order valence-corrected chi connectivity index (χ4v) is 2.36. The Labute approximate surface area is 89.6 Å². The summed E-state index contributed by atoms with van der Waals surface area (Å²) < 4.78 is 0. The lowest BCUT2D eigenvalue weighted by Gasteiger charge is -2.10. The minimum atomic E-state index is 0.460. The molecule has 1 rings (SSSR count). The summed E-state index contributed by atoms with van der Waals surface area (Å²) in [7, 11) is 0. The second kappa shape index (κ2) is 5.79. The summed E-state index contributed by atoms with van der Waals surface area (Å²) in [4.78, 5) is 2.78. The average Bonchev–Trinajstić information content (AvgIpc) is 2.52. The van der Waals surface area contributed by atoms with Crippen LogP contribution in [0.15, 0.2) is 12.1 Å². The van der Waals surface area contributed by atoms with E-state index in [0.717, 1.165) is 13.0 Å². The first-order valence-corrected chi connectivity index (χ1v) is 5.69. The molecule has 3 heteroatoms. The highest BCUT2D eigenvalue weighted by Crippen LogP contribution is 2.16. The molecular weight excluding hydrogens is 192 g/mol. The average molecular weight is 208 g/mol. The molecule has 1 atom stereocenters. The van der Waals surface area contributed by atoms with Gasteiger partial charge >= 0.3 is 0 Å². The summed E-state index contributed by atoms with van der Waals surface area (Å²) in [6, 6.07) is 6.93. The van der Waals surface area contributed by atoms with E-state index < -0.39 is 0 Å². The van der Waals surface area contributed by atoms with Crippen LogP contribution >= 0.6 is 11.3 Å². The van der Waals surface area contributed by atoms with Crippen molar-refractivity contribution in [1.29, 1.82) is 5.26 Å². The van der Waals surface area contributed by atoms with Crippen LogP contribution in [0.3, 0.4) is 0 Å². The Morgan fingerprint density at radius 3 is 2.93 bits per heavy atom. The molecular formula is C11H16N2S. The highest BCUT2D eigenvalue weighted by atomic mass is 32.1. The van der Waals surface area contributed by atoms with Gasteiger partial charge in [0, 0.05) is 28.8 Å². The molecule has 0 radical (unpaired) electrons. The predicted molar refractivity (Wildman–Crippen MR) is 60.5 cm³/mol. The standard InChI is InChI=1S/C11H16N2S/c1-9(13-7-3-6-12)8-11-5-4-10(2)14-11/h4-5,9,13H,3,7-8H2,1-2H3. The van der Waals surface area contributed by atoms with Gasteiger partial charge in [-0.1, -0.05) is 0 Å². The molecule has 1 aromatic heterocycles. The molecule has 0 aliphatic heterocycles. The Morgan fingerprint density at radius 2 is 2.36 bits per heavy atom. The third kappa shape index (κ3) is 3.91. The van der Waals surface area contributed by atoms with Crippen molar-refractivity contribution in [2.24, 2.45) is 0 Å². The molecule has 0 spiro atoms. The van der Waals surface area contributed by atoms with Crippen LogP contribution < -0.4 is 5.32 Å². The number of thiophene rings is 1. The first-order chi connectivity index (χ1) is 6.72. The highest BCUT2D eigenvalue weighted by Gasteiger charge is 2.03. The zero-order valence-electron chi connectivity index (χ0n) is 8.71. The number of nitriles is 1. The molecule has 0 fully saturated rings. The Hall–Kier alpha value is -0.850. The first-order valence-electron chi connectivity index (χ1n) is 4.88. The maximum absolute atomic E-state index is 8.38. The van der Waals surface area contributed by atoms with Crippen molar-refractivity contribution in [3.63, 3.8) is 0 Å². The molecule has 76 valence electrons. The maximum atomic E-state index is 8.38. The molecule has 0 aromatic carbocycles. The molecule has 14 heavy (non-hydrogen) atoms. The third-order valence-electron chi connectivity index (χ3n) is 2.03. The molecule has 1 aromatic rings. The number of nitrogens with one attached hydrogen (secondary N) is 1. The van der Waals surface area contributed by atoms with Crippen LogP contribution in [0.25, 0.3) is 0 Å². The van der Waals surface area contributed by atoms with Gasteiger partial charge in [0.25, 0.3) is 0 Å². The molecule has 2 nitrogen and oxygen atoms in total. The number of rotatable bonds is 5. The topological polar surface area (TPSA) is 35.8 Å². The zero-order valence-corrected chi connectivity index (χ0v) is 9.53. The van der Waals surface area contributed by atoms with E-state index in [1.54, 1.807) is 0 Å². The molecule has 1 heterocycles. The molecule has 1 unspecified atom stereocenters. The van der Waals surface area contributed by atoms with Crippen molar-refractivity contribution in [3.8, 4) is 6.07 Å². The zero-order chi connectivity index (χ0) is 10.4. The lowest BCUT2D eigenvalue weighted by atomic mass is 10.2. The van der Waals surface area contributed by atoms with E-state index in [0.29, 0.717) is 12.5 Å². The maximum Gasteiger partial charge on any atom is 0.0635 e. The van der Waals surface area contributed by atoms with E-state index in [-0.39, 0.29) is 0 Å². The molecule has 0 aliphatic rings. The van der Waals surface area contributed by atoms with Gasteiger partial charge in [0.1, 0.15) is 0 Å². The minimum absolute atomic E-state index is 0.460. The van der Waals surface area contributed by atoms with E-state index in [2.05, 4.69) is 37.4 Å². The Kier molecular flexibility index (Phi) is 4.64. The summed E-state index contributed by atoms with van der Waals surface area (Å²) >= 11 is 1.85.